The smallest absolute Gasteiger partial charge is 0.122 e. The molecule has 1 aliphatic rings. The molecule has 1 heterocycles. The summed E-state index contributed by atoms with van der Waals surface area (Å²) in [5.41, 5.74) is 2.80. The molecule has 0 saturated heterocycles. The fourth-order valence-electron chi connectivity index (χ4n) is 2.37. The molecule has 0 fully saturated rings. The zero-order chi connectivity index (χ0) is 13.0. The third-order valence-electron chi connectivity index (χ3n) is 3.36. The zero-order valence-electron chi connectivity index (χ0n) is 11.7. The largest absolute Gasteiger partial charge is 0.493 e. The lowest BCUT2D eigenvalue weighted by molar-refractivity contribution is 0.288. The minimum Gasteiger partial charge on any atom is -0.493 e. The Labute approximate surface area is 110 Å². The maximum absolute atomic E-state index is 5.63. The second-order valence-corrected chi connectivity index (χ2v) is 5.66. The lowest BCUT2D eigenvalue weighted by Crippen LogP contribution is -2.46. The molecule has 0 radical (unpaired) electrons. The normalized spacial score (nSPS) is 15.1. The lowest BCUT2D eigenvalue weighted by atomic mass is 10.0. The molecule has 0 unspecified atom stereocenters. The van der Waals surface area contributed by atoms with Crippen LogP contribution in [-0.4, -0.2) is 25.7 Å². The number of hydrogen-bond acceptors (Lipinski definition) is 3. The van der Waals surface area contributed by atoms with Crippen molar-refractivity contribution < 1.29 is 4.74 Å². The van der Waals surface area contributed by atoms with Gasteiger partial charge in [-0.15, -0.1) is 0 Å². The Kier molecular flexibility index (Phi) is 4.25. The molecule has 0 bridgehead atoms. The number of fused-ring (bicyclic) bond motifs is 1. The summed E-state index contributed by atoms with van der Waals surface area (Å²) >= 11 is 0. The fourth-order valence-corrected chi connectivity index (χ4v) is 2.37. The van der Waals surface area contributed by atoms with Gasteiger partial charge in [0, 0.05) is 18.6 Å². The Hall–Kier alpha value is -1.06. The molecular formula is C15H24N2O. The van der Waals surface area contributed by atoms with Crippen LogP contribution in [0.1, 0.15) is 31.4 Å². The predicted molar refractivity (Wildman–Crippen MR) is 75.1 cm³/mol. The highest BCUT2D eigenvalue weighted by molar-refractivity contribution is 5.38. The van der Waals surface area contributed by atoms with Crippen LogP contribution in [0.2, 0.25) is 0 Å². The summed E-state index contributed by atoms with van der Waals surface area (Å²) in [5, 5.41) is 6.79. The van der Waals surface area contributed by atoms with E-state index in [0.29, 0.717) is 0 Å². The summed E-state index contributed by atoms with van der Waals surface area (Å²) in [4.78, 5) is 0. The number of ether oxygens (including phenoxy) is 1. The van der Waals surface area contributed by atoms with Gasteiger partial charge in [0.15, 0.2) is 0 Å². The summed E-state index contributed by atoms with van der Waals surface area (Å²) in [6.45, 7) is 7.15. The molecule has 0 aromatic heterocycles. The topological polar surface area (TPSA) is 33.3 Å². The van der Waals surface area contributed by atoms with Gasteiger partial charge in [-0.25, -0.2) is 0 Å². The lowest BCUT2D eigenvalue weighted by Gasteiger charge is -2.26. The van der Waals surface area contributed by atoms with Crippen molar-refractivity contribution in [3.05, 3.63) is 29.3 Å². The molecule has 3 heteroatoms. The number of rotatable bonds is 5. The van der Waals surface area contributed by atoms with Gasteiger partial charge in [-0.2, -0.15) is 0 Å². The molecule has 0 saturated carbocycles. The second-order valence-electron chi connectivity index (χ2n) is 5.66. The van der Waals surface area contributed by atoms with Gasteiger partial charge < -0.3 is 15.4 Å². The molecule has 100 valence electrons. The Morgan fingerprint density at radius 3 is 2.94 bits per heavy atom. The Morgan fingerprint density at radius 1 is 1.33 bits per heavy atom. The van der Waals surface area contributed by atoms with E-state index in [2.05, 4.69) is 42.7 Å². The highest BCUT2D eigenvalue weighted by atomic mass is 16.5. The predicted octanol–water partition coefficient (Wildman–Crippen LogP) is 2.10. The molecule has 18 heavy (non-hydrogen) atoms. The number of nitrogens with one attached hydrogen (secondary N) is 2. The maximum atomic E-state index is 5.63. The van der Waals surface area contributed by atoms with Gasteiger partial charge in [0.25, 0.3) is 0 Å². The first kappa shape index (κ1) is 13.4. The highest BCUT2D eigenvalue weighted by Crippen LogP contribution is 2.25. The van der Waals surface area contributed by atoms with Crippen molar-refractivity contribution in [1.82, 2.24) is 10.6 Å². The van der Waals surface area contributed by atoms with E-state index in [1.165, 1.54) is 11.1 Å². The van der Waals surface area contributed by atoms with Crippen LogP contribution in [0.5, 0.6) is 5.75 Å². The first-order valence-electron chi connectivity index (χ1n) is 6.75. The van der Waals surface area contributed by atoms with E-state index >= 15 is 0 Å². The molecular weight excluding hydrogens is 224 g/mol. The number of aryl methyl sites for hydroxylation is 1. The van der Waals surface area contributed by atoms with E-state index in [1.54, 1.807) is 0 Å². The quantitative estimate of drug-likeness (QED) is 0.837. The third-order valence-corrected chi connectivity index (χ3v) is 3.36. The van der Waals surface area contributed by atoms with Gasteiger partial charge in [-0.1, -0.05) is 12.1 Å². The molecule has 0 spiro atoms. The van der Waals surface area contributed by atoms with E-state index < -0.39 is 0 Å². The van der Waals surface area contributed by atoms with Crippen molar-refractivity contribution in [2.75, 3.05) is 20.2 Å². The summed E-state index contributed by atoms with van der Waals surface area (Å²) in [6.07, 6.45) is 2.28. The molecule has 0 aliphatic carbocycles. The van der Waals surface area contributed by atoms with E-state index in [-0.39, 0.29) is 5.54 Å². The van der Waals surface area contributed by atoms with Crippen LogP contribution in [0.15, 0.2) is 18.2 Å². The average Bonchev–Trinajstić information content (AvgIpc) is 2.36. The van der Waals surface area contributed by atoms with Gasteiger partial charge in [-0.3, -0.25) is 0 Å². The van der Waals surface area contributed by atoms with Crippen molar-refractivity contribution in [1.29, 1.82) is 0 Å². The minimum absolute atomic E-state index is 0.112. The van der Waals surface area contributed by atoms with E-state index in [1.807, 2.05) is 7.05 Å². The van der Waals surface area contributed by atoms with Gasteiger partial charge in [0.2, 0.25) is 0 Å². The molecule has 2 N–H and O–H groups in total. The van der Waals surface area contributed by atoms with Gasteiger partial charge in [0.1, 0.15) is 5.75 Å². The van der Waals surface area contributed by atoms with E-state index in [4.69, 9.17) is 4.74 Å². The summed E-state index contributed by atoms with van der Waals surface area (Å²) in [6, 6.07) is 6.54. The fraction of sp³-hybridized carbons (Fsp3) is 0.600. The number of hydrogen-bond donors (Lipinski definition) is 2. The molecule has 0 amide bonds. The second kappa shape index (κ2) is 5.72. The summed E-state index contributed by atoms with van der Waals surface area (Å²) in [7, 11) is 1.99. The summed E-state index contributed by atoms with van der Waals surface area (Å²) in [5.74, 6) is 1.07. The average molecular weight is 248 g/mol. The van der Waals surface area contributed by atoms with Crippen LogP contribution >= 0.6 is 0 Å². The van der Waals surface area contributed by atoms with E-state index in [9.17, 15) is 0 Å². The molecule has 3 nitrogen and oxygen atoms in total. The van der Waals surface area contributed by atoms with Crippen LogP contribution in [0.4, 0.5) is 0 Å². The minimum atomic E-state index is 0.112. The van der Waals surface area contributed by atoms with Crippen LogP contribution in [0.3, 0.4) is 0 Å². The van der Waals surface area contributed by atoms with Crippen molar-refractivity contribution in [3.63, 3.8) is 0 Å². The van der Waals surface area contributed by atoms with Crippen molar-refractivity contribution in [2.24, 2.45) is 0 Å². The van der Waals surface area contributed by atoms with Crippen molar-refractivity contribution in [2.45, 2.75) is 38.8 Å². The Bertz CT molecular complexity index is 401. The molecule has 2 rings (SSSR count). The third kappa shape index (κ3) is 3.47. The Balaban J connectivity index is 1.98. The van der Waals surface area contributed by atoms with Crippen LogP contribution in [-0.2, 0) is 13.0 Å². The van der Waals surface area contributed by atoms with Gasteiger partial charge in [-0.05, 0) is 50.9 Å². The SMILES string of the molecule is CNCC(C)(C)NCc1ccc2c(c1)CCCO2. The first-order chi connectivity index (χ1) is 8.61. The highest BCUT2D eigenvalue weighted by Gasteiger charge is 2.16. The van der Waals surface area contributed by atoms with Crippen LogP contribution in [0.25, 0.3) is 0 Å². The van der Waals surface area contributed by atoms with Crippen molar-refractivity contribution >= 4 is 0 Å². The van der Waals surface area contributed by atoms with Gasteiger partial charge >= 0.3 is 0 Å². The molecule has 1 aromatic rings. The monoisotopic (exact) mass is 248 g/mol. The Morgan fingerprint density at radius 2 is 2.17 bits per heavy atom. The molecule has 1 aromatic carbocycles. The number of likely N-dealkylation sites (N-methyl/N-ethyl adjacent to an activating group) is 1. The first-order valence-corrected chi connectivity index (χ1v) is 6.75. The van der Waals surface area contributed by atoms with Crippen LogP contribution < -0.4 is 15.4 Å². The standard InChI is InChI=1S/C15H24N2O/c1-15(2,11-16-3)17-10-12-6-7-14-13(9-12)5-4-8-18-14/h6-7,9,16-17H,4-5,8,10-11H2,1-3H3. The zero-order valence-corrected chi connectivity index (χ0v) is 11.7. The number of benzene rings is 1. The van der Waals surface area contributed by atoms with Gasteiger partial charge in [0.05, 0.1) is 6.61 Å². The maximum Gasteiger partial charge on any atom is 0.122 e. The van der Waals surface area contributed by atoms with Crippen molar-refractivity contribution in [3.8, 4) is 5.75 Å². The van der Waals surface area contributed by atoms with Crippen LogP contribution in [0, 0.1) is 0 Å². The van der Waals surface area contributed by atoms with E-state index in [0.717, 1.165) is 38.3 Å². The summed E-state index contributed by atoms with van der Waals surface area (Å²) < 4.78 is 5.63. The molecule has 0 atom stereocenters. The molecule has 1 aliphatic heterocycles.